The molecule has 2 amide bonds. The van der Waals surface area contributed by atoms with Gasteiger partial charge in [0.25, 0.3) is 10.0 Å². The molecule has 3 aromatic rings. The third kappa shape index (κ3) is 5.91. The van der Waals surface area contributed by atoms with E-state index >= 15 is 0 Å². The topological polar surface area (TPSA) is 105 Å². The number of carbonyl (C=O) groups is 2. The summed E-state index contributed by atoms with van der Waals surface area (Å²) < 4.78 is 40.0. The van der Waals surface area contributed by atoms with Crippen molar-refractivity contribution in [3.8, 4) is 11.5 Å². The summed E-state index contributed by atoms with van der Waals surface area (Å²) in [6.07, 6.45) is 0.355. The van der Waals surface area contributed by atoms with Crippen molar-refractivity contribution in [3.63, 3.8) is 0 Å². The molecule has 0 aliphatic carbocycles. The Labute approximate surface area is 223 Å². The second-order valence-corrected chi connectivity index (χ2v) is 10.6. The van der Waals surface area contributed by atoms with Crippen LogP contribution in [0.25, 0.3) is 0 Å². The zero-order chi connectivity index (χ0) is 27.1. The van der Waals surface area contributed by atoms with Gasteiger partial charge in [-0.15, -0.1) is 0 Å². The molecule has 1 heterocycles. The lowest BCUT2D eigenvalue weighted by atomic mass is 10.1. The number of fused-ring (bicyclic) bond motifs is 1. The van der Waals surface area contributed by atoms with Crippen molar-refractivity contribution in [2.75, 3.05) is 31.1 Å². The molecule has 0 saturated heterocycles. The van der Waals surface area contributed by atoms with E-state index in [-0.39, 0.29) is 23.0 Å². The minimum absolute atomic E-state index is 0.0376. The molecular formula is C28H31N3O6S. The Morgan fingerprint density at radius 3 is 2.18 bits per heavy atom. The summed E-state index contributed by atoms with van der Waals surface area (Å²) in [5.41, 5.74) is 1.07. The molecule has 1 atom stereocenters. The molecule has 10 heteroatoms. The number of likely N-dealkylation sites (N-methyl/N-ethyl adjacent to an activating group) is 1. The van der Waals surface area contributed by atoms with Crippen molar-refractivity contribution in [3.05, 3.63) is 84.4 Å². The van der Waals surface area contributed by atoms with Crippen LogP contribution in [0.15, 0.2) is 83.8 Å². The van der Waals surface area contributed by atoms with Crippen molar-refractivity contribution in [2.45, 2.75) is 30.8 Å². The maximum atomic E-state index is 13.9. The van der Waals surface area contributed by atoms with E-state index in [4.69, 9.17) is 9.47 Å². The molecule has 0 saturated carbocycles. The fourth-order valence-electron chi connectivity index (χ4n) is 4.30. The van der Waals surface area contributed by atoms with Crippen LogP contribution in [0.1, 0.15) is 18.9 Å². The van der Waals surface area contributed by atoms with Crippen molar-refractivity contribution in [2.24, 2.45) is 0 Å². The molecule has 1 N–H and O–H groups in total. The second-order valence-electron chi connectivity index (χ2n) is 8.70. The maximum Gasteiger partial charge on any atom is 0.264 e. The van der Waals surface area contributed by atoms with E-state index < -0.39 is 28.5 Å². The van der Waals surface area contributed by atoms with Gasteiger partial charge in [0, 0.05) is 19.7 Å². The third-order valence-electron chi connectivity index (χ3n) is 6.25. The van der Waals surface area contributed by atoms with E-state index in [0.29, 0.717) is 31.1 Å². The van der Waals surface area contributed by atoms with Gasteiger partial charge in [0.2, 0.25) is 11.8 Å². The van der Waals surface area contributed by atoms with Gasteiger partial charge in [-0.25, -0.2) is 8.42 Å². The highest BCUT2D eigenvalue weighted by Crippen LogP contribution is 2.36. The summed E-state index contributed by atoms with van der Waals surface area (Å²) in [7, 11) is -2.64. The van der Waals surface area contributed by atoms with Gasteiger partial charge in [0.05, 0.1) is 10.6 Å². The lowest BCUT2D eigenvalue weighted by molar-refractivity contribution is -0.140. The molecule has 38 heavy (non-hydrogen) atoms. The number of hydrogen-bond acceptors (Lipinski definition) is 6. The van der Waals surface area contributed by atoms with Gasteiger partial charge in [-0.3, -0.25) is 13.9 Å². The fraction of sp³-hybridized carbons (Fsp3) is 0.286. The lowest BCUT2D eigenvalue weighted by Crippen LogP contribution is -2.51. The molecule has 0 aromatic heterocycles. The highest BCUT2D eigenvalue weighted by Gasteiger charge is 2.33. The third-order valence-corrected chi connectivity index (χ3v) is 8.04. The van der Waals surface area contributed by atoms with Crippen LogP contribution in [0, 0.1) is 0 Å². The minimum Gasteiger partial charge on any atom is -0.486 e. The number of sulfonamides is 1. The van der Waals surface area contributed by atoms with E-state index in [1.54, 1.807) is 36.4 Å². The van der Waals surface area contributed by atoms with Crippen LogP contribution >= 0.6 is 0 Å². The highest BCUT2D eigenvalue weighted by molar-refractivity contribution is 7.92. The van der Waals surface area contributed by atoms with Gasteiger partial charge in [-0.1, -0.05) is 55.5 Å². The zero-order valence-corrected chi connectivity index (χ0v) is 22.2. The standard InChI is InChI=1S/C28H31N3O6S/c1-3-24(28(33)29-2)30(19-21-10-6-4-7-11-21)27(32)20-31(38(34,35)23-12-8-5-9-13-23)22-14-15-25-26(18-22)37-17-16-36-25/h4-15,18,24H,3,16-17,19-20H2,1-2H3,(H,29,33)/t24-/m0/s1. The molecule has 1 aliphatic heterocycles. The lowest BCUT2D eigenvalue weighted by Gasteiger charge is -2.33. The summed E-state index contributed by atoms with van der Waals surface area (Å²) in [5.74, 6) is 0.0550. The van der Waals surface area contributed by atoms with Crippen molar-refractivity contribution >= 4 is 27.5 Å². The molecular weight excluding hydrogens is 506 g/mol. The van der Waals surface area contributed by atoms with Crippen LogP contribution in [0.2, 0.25) is 0 Å². The molecule has 0 spiro atoms. The molecule has 9 nitrogen and oxygen atoms in total. The van der Waals surface area contributed by atoms with Crippen molar-refractivity contribution < 1.29 is 27.5 Å². The Bertz CT molecular complexity index is 1370. The quantitative estimate of drug-likeness (QED) is 0.426. The summed E-state index contributed by atoms with van der Waals surface area (Å²) in [5, 5.41) is 2.62. The first kappa shape index (κ1) is 27.0. The average Bonchev–Trinajstić information content (AvgIpc) is 2.96. The first-order valence-corrected chi connectivity index (χ1v) is 13.8. The summed E-state index contributed by atoms with van der Waals surface area (Å²) in [4.78, 5) is 28.1. The number of nitrogens with zero attached hydrogens (tertiary/aromatic N) is 2. The molecule has 0 bridgehead atoms. The van der Waals surface area contributed by atoms with Crippen LogP contribution in [-0.2, 0) is 26.2 Å². The van der Waals surface area contributed by atoms with Gasteiger partial charge in [-0.05, 0) is 36.2 Å². The number of ether oxygens (including phenoxy) is 2. The summed E-state index contributed by atoms with van der Waals surface area (Å²) in [6.45, 7) is 2.16. The molecule has 3 aromatic carbocycles. The van der Waals surface area contributed by atoms with Crippen LogP contribution in [0.4, 0.5) is 5.69 Å². The number of rotatable bonds is 10. The average molecular weight is 538 g/mol. The number of benzene rings is 3. The van der Waals surface area contributed by atoms with Crippen molar-refractivity contribution in [1.29, 1.82) is 0 Å². The predicted molar refractivity (Wildman–Crippen MR) is 144 cm³/mol. The van der Waals surface area contributed by atoms with Crippen LogP contribution in [-0.4, -0.2) is 58.0 Å². The molecule has 4 rings (SSSR count). The Morgan fingerprint density at radius 2 is 1.55 bits per heavy atom. The predicted octanol–water partition coefficient (Wildman–Crippen LogP) is 3.21. The molecule has 200 valence electrons. The monoisotopic (exact) mass is 537 g/mol. The Morgan fingerprint density at radius 1 is 0.921 bits per heavy atom. The van der Waals surface area contributed by atoms with Crippen LogP contribution in [0.5, 0.6) is 11.5 Å². The first-order valence-electron chi connectivity index (χ1n) is 12.4. The second kappa shape index (κ2) is 12.0. The van der Waals surface area contributed by atoms with E-state index in [0.717, 1.165) is 9.87 Å². The molecule has 0 radical (unpaired) electrons. The van der Waals surface area contributed by atoms with Crippen LogP contribution in [0.3, 0.4) is 0 Å². The van der Waals surface area contributed by atoms with E-state index in [1.807, 2.05) is 37.3 Å². The Kier molecular flexibility index (Phi) is 8.52. The van der Waals surface area contributed by atoms with E-state index in [9.17, 15) is 18.0 Å². The number of anilines is 1. The highest BCUT2D eigenvalue weighted by atomic mass is 32.2. The zero-order valence-electron chi connectivity index (χ0n) is 21.4. The van der Waals surface area contributed by atoms with E-state index in [1.165, 1.54) is 24.1 Å². The smallest absolute Gasteiger partial charge is 0.264 e. The Balaban J connectivity index is 1.75. The normalized spacial score (nSPS) is 13.3. The van der Waals surface area contributed by atoms with Gasteiger partial charge < -0.3 is 19.7 Å². The number of hydrogen-bond donors (Lipinski definition) is 1. The first-order chi connectivity index (χ1) is 18.3. The largest absolute Gasteiger partial charge is 0.486 e. The van der Waals surface area contributed by atoms with Gasteiger partial charge in [-0.2, -0.15) is 0 Å². The number of amides is 2. The van der Waals surface area contributed by atoms with Crippen molar-refractivity contribution in [1.82, 2.24) is 10.2 Å². The minimum atomic E-state index is -4.15. The fourth-order valence-corrected chi connectivity index (χ4v) is 5.73. The SMILES string of the molecule is CC[C@@H](C(=O)NC)N(Cc1ccccc1)C(=O)CN(c1ccc2c(c1)OCCO2)S(=O)(=O)c1ccccc1. The molecule has 1 aliphatic rings. The van der Waals surface area contributed by atoms with Gasteiger partial charge in [0.1, 0.15) is 25.8 Å². The van der Waals surface area contributed by atoms with Crippen LogP contribution < -0.4 is 19.1 Å². The maximum absolute atomic E-state index is 13.9. The van der Waals surface area contributed by atoms with E-state index in [2.05, 4.69) is 5.32 Å². The summed E-state index contributed by atoms with van der Waals surface area (Å²) >= 11 is 0. The summed E-state index contributed by atoms with van der Waals surface area (Å²) in [6, 6.07) is 21.2. The number of nitrogens with one attached hydrogen (secondary N) is 1. The van der Waals surface area contributed by atoms with Gasteiger partial charge >= 0.3 is 0 Å². The van der Waals surface area contributed by atoms with Gasteiger partial charge in [0.15, 0.2) is 11.5 Å². The Hall–Kier alpha value is -4.05. The molecule has 0 unspecified atom stereocenters. The number of carbonyl (C=O) groups excluding carboxylic acids is 2. The molecule has 0 fully saturated rings.